The quantitative estimate of drug-likeness (QED) is 0.703. The van der Waals surface area contributed by atoms with E-state index in [2.05, 4.69) is 15.6 Å². The highest BCUT2D eigenvalue weighted by Gasteiger charge is 2.31. The molecule has 0 spiro atoms. The van der Waals surface area contributed by atoms with Gasteiger partial charge in [-0.25, -0.2) is 14.6 Å². The standard InChI is InChI=1S/C14H26N4O3/c1-17-7-9-18(10-8-17)16-14(21)15-12(13(19)20)11-5-3-2-4-6-11/h11-12H,2-10H2,1H3,(H,19,20)(H2,15,16,21). The molecule has 0 radical (unpaired) electrons. The van der Waals surface area contributed by atoms with Crippen molar-refractivity contribution in [2.24, 2.45) is 5.92 Å². The number of carboxylic acid groups (broad SMARTS) is 1. The number of carbonyl (C=O) groups excluding carboxylic acids is 1. The van der Waals surface area contributed by atoms with Gasteiger partial charge in [-0.3, -0.25) is 5.43 Å². The van der Waals surface area contributed by atoms with Gasteiger partial charge in [-0.2, -0.15) is 0 Å². The van der Waals surface area contributed by atoms with E-state index in [0.717, 1.165) is 58.3 Å². The smallest absolute Gasteiger partial charge is 0.330 e. The van der Waals surface area contributed by atoms with Gasteiger partial charge in [0, 0.05) is 26.2 Å². The van der Waals surface area contributed by atoms with Crippen LogP contribution in [0.5, 0.6) is 0 Å². The number of hydrogen-bond acceptors (Lipinski definition) is 4. The molecule has 2 rings (SSSR count). The van der Waals surface area contributed by atoms with E-state index in [-0.39, 0.29) is 5.92 Å². The van der Waals surface area contributed by atoms with Crippen LogP contribution < -0.4 is 10.7 Å². The highest BCUT2D eigenvalue weighted by atomic mass is 16.4. The topological polar surface area (TPSA) is 84.9 Å². The number of nitrogens with one attached hydrogen (secondary N) is 2. The van der Waals surface area contributed by atoms with Crippen molar-refractivity contribution in [3.05, 3.63) is 0 Å². The molecule has 120 valence electrons. The molecule has 0 aromatic heterocycles. The molecule has 0 aromatic carbocycles. The Kier molecular flexibility index (Phi) is 5.81. The van der Waals surface area contributed by atoms with Gasteiger partial charge < -0.3 is 15.3 Å². The van der Waals surface area contributed by atoms with Crippen LogP contribution in [0.2, 0.25) is 0 Å². The molecule has 0 aromatic rings. The normalized spacial score (nSPS) is 23.5. The molecule has 1 saturated carbocycles. The van der Waals surface area contributed by atoms with Crippen LogP contribution >= 0.6 is 0 Å². The van der Waals surface area contributed by atoms with Gasteiger partial charge in [0.2, 0.25) is 0 Å². The fourth-order valence-corrected chi connectivity index (χ4v) is 3.08. The molecule has 7 heteroatoms. The number of amides is 2. The van der Waals surface area contributed by atoms with E-state index in [1.807, 2.05) is 12.1 Å². The third-order valence-corrected chi connectivity index (χ3v) is 4.44. The molecule has 1 atom stereocenters. The van der Waals surface area contributed by atoms with E-state index < -0.39 is 18.0 Å². The minimum absolute atomic E-state index is 0.0505. The van der Waals surface area contributed by atoms with E-state index in [9.17, 15) is 14.7 Å². The van der Waals surface area contributed by atoms with Crippen molar-refractivity contribution < 1.29 is 14.7 Å². The zero-order chi connectivity index (χ0) is 15.2. The second-order valence-electron chi connectivity index (χ2n) is 6.09. The number of hydrogen-bond donors (Lipinski definition) is 3. The van der Waals surface area contributed by atoms with Gasteiger partial charge in [-0.15, -0.1) is 0 Å². The first-order chi connectivity index (χ1) is 10.1. The summed E-state index contributed by atoms with van der Waals surface area (Å²) < 4.78 is 0. The molecule has 0 bridgehead atoms. The van der Waals surface area contributed by atoms with Crippen LogP contribution in [0.1, 0.15) is 32.1 Å². The van der Waals surface area contributed by atoms with E-state index in [4.69, 9.17) is 0 Å². The summed E-state index contributed by atoms with van der Waals surface area (Å²) in [4.78, 5) is 25.6. The van der Waals surface area contributed by atoms with Gasteiger partial charge in [0.1, 0.15) is 6.04 Å². The predicted molar refractivity (Wildman–Crippen MR) is 78.7 cm³/mol. The van der Waals surface area contributed by atoms with E-state index in [1.165, 1.54) is 0 Å². The lowest BCUT2D eigenvalue weighted by atomic mass is 9.84. The molecule has 1 aliphatic heterocycles. The molecule has 2 fully saturated rings. The molecular formula is C14H26N4O3. The minimum Gasteiger partial charge on any atom is -0.480 e. The number of nitrogens with zero attached hydrogens (tertiary/aromatic N) is 2. The zero-order valence-electron chi connectivity index (χ0n) is 12.7. The van der Waals surface area contributed by atoms with Gasteiger partial charge in [0.05, 0.1) is 0 Å². The van der Waals surface area contributed by atoms with Crippen LogP contribution in [-0.2, 0) is 4.79 Å². The third kappa shape index (κ3) is 4.86. The first-order valence-corrected chi connectivity index (χ1v) is 7.79. The Morgan fingerprint density at radius 2 is 1.71 bits per heavy atom. The summed E-state index contributed by atoms with van der Waals surface area (Å²) in [5.41, 5.74) is 2.76. The van der Waals surface area contributed by atoms with Crippen molar-refractivity contribution >= 4 is 12.0 Å². The maximum atomic E-state index is 12.0. The van der Waals surface area contributed by atoms with E-state index >= 15 is 0 Å². The summed E-state index contributed by atoms with van der Waals surface area (Å²) in [5.74, 6) is -0.884. The first kappa shape index (κ1) is 16.0. The number of urea groups is 1. The molecule has 1 aliphatic carbocycles. The van der Waals surface area contributed by atoms with Crippen molar-refractivity contribution in [2.75, 3.05) is 33.2 Å². The Bertz CT molecular complexity index is 363. The predicted octanol–water partition coefficient (Wildman–Crippen LogP) is 0.482. The summed E-state index contributed by atoms with van der Waals surface area (Å²) in [6.45, 7) is 3.30. The van der Waals surface area contributed by atoms with E-state index in [1.54, 1.807) is 0 Å². The number of rotatable bonds is 4. The monoisotopic (exact) mass is 298 g/mol. The lowest BCUT2D eigenvalue weighted by Gasteiger charge is -2.33. The summed E-state index contributed by atoms with van der Waals surface area (Å²) >= 11 is 0. The van der Waals surface area contributed by atoms with Crippen molar-refractivity contribution in [3.63, 3.8) is 0 Å². The summed E-state index contributed by atoms with van der Waals surface area (Å²) in [5, 5.41) is 13.8. The van der Waals surface area contributed by atoms with Gasteiger partial charge in [-0.05, 0) is 25.8 Å². The molecule has 3 N–H and O–H groups in total. The van der Waals surface area contributed by atoms with Crippen LogP contribution in [0, 0.1) is 5.92 Å². The Morgan fingerprint density at radius 3 is 2.29 bits per heavy atom. The average molecular weight is 298 g/mol. The fourth-order valence-electron chi connectivity index (χ4n) is 3.08. The second-order valence-corrected chi connectivity index (χ2v) is 6.09. The fraction of sp³-hybridized carbons (Fsp3) is 0.857. The highest BCUT2D eigenvalue weighted by Crippen LogP contribution is 2.26. The van der Waals surface area contributed by atoms with Crippen LogP contribution in [0.25, 0.3) is 0 Å². The summed E-state index contributed by atoms with van der Waals surface area (Å²) in [6.07, 6.45) is 5.03. The molecule has 7 nitrogen and oxygen atoms in total. The third-order valence-electron chi connectivity index (χ3n) is 4.44. The van der Waals surface area contributed by atoms with Crippen LogP contribution in [0.15, 0.2) is 0 Å². The lowest BCUT2D eigenvalue weighted by molar-refractivity contribution is -0.141. The number of carbonyl (C=O) groups is 2. The van der Waals surface area contributed by atoms with E-state index in [0.29, 0.717) is 0 Å². The van der Waals surface area contributed by atoms with Crippen LogP contribution in [-0.4, -0.2) is 66.3 Å². The number of carboxylic acids is 1. The lowest BCUT2D eigenvalue weighted by Crippen LogP contribution is -2.58. The van der Waals surface area contributed by atoms with Gasteiger partial charge in [0.15, 0.2) is 0 Å². The number of hydrazine groups is 1. The molecule has 1 saturated heterocycles. The Balaban J connectivity index is 1.82. The van der Waals surface area contributed by atoms with Crippen LogP contribution in [0.3, 0.4) is 0 Å². The molecular weight excluding hydrogens is 272 g/mol. The molecule has 1 heterocycles. The Labute approximate surface area is 125 Å². The van der Waals surface area contributed by atoms with Gasteiger partial charge in [-0.1, -0.05) is 19.3 Å². The first-order valence-electron chi connectivity index (χ1n) is 7.79. The second kappa shape index (κ2) is 7.61. The number of aliphatic carboxylic acids is 1. The summed E-state index contributed by atoms with van der Waals surface area (Å²) in [7, 11) is 2.04. The molecule has 1 unspecified atom stereocenters. The van der Waals surface area contributed by atoms with Crippen molar-refractivity contribution in [3.8, 4) is 0 Å². The Morgan fingerprint density at radius 1 is 1.10 bits per heavy atom. The maximum Gasteiger partial charge on any atom is 0.330 e. The van der Waals surface area contributed by atoms with Crippen molar-refractivity contribution in [1.82, 2.24) is 20.7 Å². The summed E-state index contributed by atoms with van der Waals surface area (Å²) in [6, 6.07) is -1.18. The number of likely N-dealkylation sites (N-methyl/N-ethyl adjacent to an activating group) is 1. The molecule has 2 amide bonds. The van der Waals surface area contributed by atoms with Crippen molar-refractivity contribution in [1.29, 1.82) is 0 Å². The Hall–Kier alpha value is -1.34. The van der Waals surface area contributed by atoms with Crippen LogP contribution in [0.4, 0.5) is 4.79 Å². The van der Waals surface area contributed by atoms with Gasteiger partial charge in [0.25, 0.3) is 0 Å². The molecule has 2 aliphatic rings. The highest BCUT2D eigenvalue weighted by molar-refractivity contribution is 5.82. The largest absolute Gasteiger partial charge is 0.480 e. The number of piperazine rings is 1. The van der Waals surface area contributed by atoms with Gasteiger partial charge >= 0.3 is 12.0 Å². The molecule has 21 heavy (non-hydrogen) atoms. The average Bonchev–Trinajstić information content (AvgIpc) is 2.48. The minimum atomic E-state index is -0.935. The zero-order valence-corrected chi connectivity index (χ0v) is 12.7. The van der Waals surface area contributed by atoms with Crippen molar-refractivity contribution in [2.45, 2.75) is 38.1 Å². The maximum absolute atomic E-state index is 12.0. The SMILES string of the molecule is CN1CCN(NC(=O)NC(C(=O)O)C2CCCCC2)CC1.